The van der Waals surface area contributed by atoms with Gasteiger partial charge in [-0.15, -0.1) is 0 Å². The fourth-order valence-corrected chi connectivity index (χ4v) is 3.34. The van der Waals surface area contributed by atoms with Gasteiger partial charge in [0.1, 0.15) is 17.3 Å². The normalized spacial score (nSPS) is 15.7. The van der Waals surface area contributed by atoms with E-state index in [4.69, 9.17) is 4.42 Å². The molecule has 0 bridgehead atoms. The third kappa shape index (κ3) is 4.77. The quantitative estimate of drug-likeness (QED) is 0.635. The monoisotopic (exact) mass is 422 g/mol. The number of pyridine rings is 1. The second kappa shape index (κ2) is 8.78. The number of aromatic nitrogens is 1. The highest BCUT2D eigenvalue weighted by Gasteiger charge is 2.35. The molecule has 158 valence electrons. The topological polar surface area (TPSA) is 105 Å². The highest BCUT2D eigenvalue weighted by Crippen LogP contribution is 2.27. The van der Waals surface area contributed by atoms with E-state index >= 15 is 0 Å². The van der Waals surface area contributed by atoms with Gasteiger partial charge in [-0.1, -0.05) is 6.07 Å². The number of nitrogens with zero attached hydrogens (tertiary/aromatic N) is 2. The van der Waals surface area contributed by atoms with Crippen LogP contribution < -0.4 is 10.6 Å². The molecule has 0 radical (unpaired) electrons. The summed E-state index contributed by atoms with van der Waals surface area (Å²) in [4.78, 5) is 42.9. The Labute approximate surface area is 177 Å². The lowest BCUT2D eigenvalue weighted by Crippen LogP contribution is -2.28. The van der Waals surface area contributed by atoms with E-state index in [1.54, 1.807) is 29.2 Å². The maximum absolute atomic E-state index is 13.8. The molecule has 3 heterocycles. The van der Waals surface area contributed by atoms with Crippen LogP contribution in [0.4, 0.5) is 15.8 Å². The Hall–Kier alpha value is -4.01. The molecule has 0 saturated carbocycles. The standard InChI is InChI=1S/C22H19FN4O4/c23-15-6-7-17(25-22(30)18-5-1-2-8-24-18)19(11-15)26-21(29)14-10-20(28)27(12-14)13-16-4-3-9-31-16/h1-9,11,14H,10,12-13H2,(H,25,30)(H,26,29). The molecule has 9 heteroatoms. The first kappa shape index (κ1) is 20.3. The molecule has 8 nitrogen and oxygen atoms in total. The molecule has 1 aromatic carbocycles. The van der Waals surface area contributed by atoms with E-state index < -0.39 is 23.5 Å². The summed E-state index contributed by atoms with van der Waals surface area (Å²) in [5.41, 5.74) is 0.507. The van der Waals surface area contributed by atoms with Crippen molar-refractivity contribution in [2.45, 2.75) is 13.0 Å². The van der Waals surface area contributed by atoms with E-state index in [9.17, 15) is 18.8 Å². The summed E-state index contributed by atoms with van der Waals surface area (Å²) < 4.78 is 19.1. The molecule has 1 aliphatic rings. The first-order chi connectivity index (χ1) is 15.0. The van der Waals surface area contributed by atoms with Crippen molar-refractivity contribution in [2.24, 2.45) is 5.92 Å². The summed E-state index contributed by atoms with van der Waals surface area (Å²) >= 11 is 0. The summed E-state index contributed by atoms with van der Waals surface area (Å²) in [6.45, 7) is 0.497. The maximum atomic E-state index is 13.8. The number of carbonyl (C=O) groups is 3. The Morgan fingerprint density at radius 2 is 2.00 bits per heavy atom. The summed E-state index contributed by atoms with van der Waals surface area (Å²) in [6.07, 6.45) is 3.04. The van der Waals surface area contributed by atoms with Crippen LogP contribution in [0.2, 0.25) is 0 Å². The minimum Gasteiger partial charge on any atom is -0.467 e. The number of carbonyl (C=O) groups excluding carboxylic acids is 3. The van der Waals surface area contributed by atoms with Crippen LogP contribution in [-0.2, 0) is 16.1 Å². The van der Waals surface area contributed by atoms with Gasteiger partial charge in [0.25, 0.3) is 5.91 Å². The SMILES string of the molecule is O=C(Nc1ccc(F)cc1NC(=O)C1CC(=O)N(Cc2ccco2)C1)c1ccccn1. The second-order valence-corrected chi connectivity index (χ2v) is 7.10. The molecule has 2 N–H and O–H groups in total. The van der Waals surface area contributed by atoms with Gasteiger partial charge in [0, 0.05) is 19.2 Å². The molecular weight excluding hydrogens is 403 g/mol. The van der Waals surface area contributed by atoms with Crippen molar-refractivity contribution in [3.8, 4) is 0 Å². The molecule has 0 spiro atoms. The number of anilines is 2. The van der Waals surface area contributed by atoms with E-state index in [1.165, 1.54) is 30.7 Å². The lowest BCUT2D eigenvalue weighted by Gasteiger charge is -2.16. The molecule has 3 aromatic rings. The molecule has 0 aliphatic carbocycles. The first-order valence-electron chi connectivity index (χ1n) is 9.62. The molecule has 31 heavy (non-hydrogen) atoms. The smallest absolute Gasteiger partial charge is 0.274 e. The van der Waals surface area contributed by atoms with Gasteiger partial charge in [-0.2, -0.15) is 0 Å². The molecule has 1 unspecified atom stereocenters. The number of furan rings is 1. The highest BCUT2D eigenvalue weighted by atomic mass is 19.1. The zero-order chi connectivity index (χ0) is 21.8. The third-order valence-corrected chi connectivity index (χ3v) is 4.90. The highest BCUT2D eigenvalue weighted by molar-refractivity contribution is 6.06. The average molecular weight is 422 g/mol. The molecule has 4 rings (SSSR count). The van der Waals surface area contributed by atoms with Crippen LogP contribution >= 0.6 is 0 Å². The lowest BCUT2D eigenvalue weighted by atomic mass is 10.1. The zero-order valence-electron chi connectivity index (χ0n) is 16.4. The largest absolute Gasteiger partial charge is 0.467 e. The van der Waals surface area contributed by atoms with Gasteiger partial charge in [-0.05, 0) is 42.5 Å². The predicted molar refractivity (Wildman–Crippen MR) is 109 cm³/mol. The summed E-state index contributed by atoms with van der Waals surface area (Å²) in [7, 11) is 0. The molecule has 1 atom stereocenters. The van der Waals surface area contributed by atoms with Crippen LogP contribution in [0.25, 0.3) is 0 Å². The number of rotatable bonds is 6. The van der Waals surface area contributed by atoms with Gasteiger partial charge in [0.15, 0.2) is 0 Å². The maximum Gasteiger partial charge on any atom is 0.274 e. The van der Waals surface area contributed by atoms with Crippen molar-refractivity contribution in [2.75, 3.05) is 17.2 Å². The summed E-state index contributed by atoms with van der Waals surface area (Å²) in [5, 5.41) is 5.26. The minimum absolute atomic E-state index is 0.0392. The zero-order valence-corrected chi connectivity index (χ0v) is 16.4. The van der Waals surface area contributed by atoms with Gasteiger partial charge in [0.05, 0.1) is 30.1 Å². The van der Waals surface area contributed by atoms with E-state index in [0.29, 0.717) is 5.76 Å². The number of benzene rings is 1. The van der Waals surface area contributed by atoms with Crippen molar-refractivity contribution in [3.63, 3.8) is 0 Å². The van der Waals surface area contributed by atoms with Crippen molar-refractivity contribution < 1.29 is 23.2 Å². The van der Waals surface area contributed by atoms with Crippen molar-refractivity contribution in [1.82, 2.24) is 9.88 Å². The second-order valence-electron chi connectivity index (χ2n) is 7.10. The fraction of sp³-hybridized carbons (Fsp3) is 0.182. The first-order valence-corrected chi connectivity index (χ1v) is 9.62. The lowest BCUT2D eigenvalue weighted by molar-refractivity contribution is -0.128. The number of nitrogens with one attached hydrogen (secondary N) is 2. The van der Waals surface area contributed by atoms with Gasteiger partial charge in [0.2, 0.25) is 11.8 Å². The van der Waals surface area contributed by atoms with E-state index in [-0.39, 0.29) is 42.5 Å². The molecular formula is C22H19FN4O4. The van der Waals surface area contributed by atoms with E-state index in [0.717, 1.165) is 6.07 Å². The van der Waals surface area contributed by atoms with Crippen LogP contribution in [0, 0.1) is 11.7 Å². The van der Waals surface area contributed by atoms with Crippen molar-refractivity contribution in [3.05, 3.63) is 78.3 Å². The van der Waals surface area contributed by atoms with Crippen LogP contribution in [-0.4, -0.2) is 34.2 Å². The van der Waals surface area contributed by atoms with Crippen molar-refractivity contribution in [1.29, 1.82) is 0 Å². The van der Waals surface area contributed by atoms with Gasteiger partial charge < -0.3 is 20.0 Å². The summed E-state index contributed by atoms with van der Waals surface area (Å²) in [5.74, 6) is -1.66. The van der Waals surface area contributed by atoms with Gasteiger partial charge in [-0.3, -0.25) is 19.4 Å². The number of halogens is 1. The number of likely N-dealkylation sites (tertiary alicyclic amines) is 1. The molecule has 1 fully saturated rings. The van der Waals surface area contributed by atoms with E-state index in [2.05, 4.69) is 15.6 Å². The predicted octanol–water partition coefficient (Wildman–Crippen LogP) is 3.05. The Morgan fingerprint density at radius 3 is 2.74 bits per heavy atom. The third-order valence-electron chi connectivity index (χ3n) is 4.90. The van der Waals surface area contributed by atoms with Crippen LogP contribution in [0.3, 0.4) is 0 Å². The molecule has 1 aliphatic heterocycles. The van der Waals surface area contributed by atoms with Crippen molar-refractivity contribution >= 4 is 29.1 Å². The van der Waals surface area contributed by atoms with Crippen LogP contribution in [0.15, 0.2) is 65.4 Å². The number of hydrogen-bond acceptors (Lipinski definition) is 5. The average Bonchev–Trinajstić information content (AvgIpc) is 3.41. The Balaban J connectivity index is 1.45. The van der Waals surface area contributed by atoms with Crippen LogP contribution in [0.1, 0.15) is 22.7 Å². The van der Waals surface area contributed by atoms with E-state index in [1.807, 2.05) is 0 Å². The minimum atomic E-state index is -0.606. The molecule has 2 aromatic heterocycles. The van der Waals surface area contributed by atoms with Gasteiger partial charge >= 0.3 is 0 Å². The Morgan fingerprint density at radius 1 is 1.13 bits per heavy atom. The Kier molecular flexibility index (Phi) is 5.74. The number of hydrogen-bond donors (Lipinski definition) is 2. The number of amides is 3. The Bertz CT molecular complexity index is 1100. The fourth-order valence-electron chi connectivity index (χ4n) is 3.34. The molecule has 3 amide bonds. The molecule has 1 saturated heterocycles. The van der Waals surface area contributed by atoms with Crippen LogP contribution in [0.5, 0.6) is 0 Å². The van der Waals surface area contributed by atoms with Gasteiger partial charge in [-0.25, -0.2) is 4.39 Å². The summed E-state index contributed by atoms with van der Waals surface area (Å²) in [6, 6.07) is 12.0.